The van der Waals surface area contributed by atoms with Crippen LogP contribution in [0.3, 0.4) is 0 Å². The largest absolute Gasteiger partial charge is 0.477 e. The number of benzene rings is 1. The van der Waals surface area contributed by atoms with E-state index in [-0.39, 0.29) is 5.69 Å². The Morgan fingerprint density at radius 3 is 2.70 bits per heavy atom. The topological polar surface area (TPSA) is 75.1 Å². The van der Waals surface area contributed by atoms with Crippen LogP contribution in [0.1, 0.15) is 27.3 Å². The molecule has 0 spiro atoms. The minimum Gasteiger partial charge on any atom is -0.477 e. The third kappa shape index (κ3) is 3.54. The number of hydrogen-bond donors (Lipinski definition) is 2. The summed E-state index contributed by atoms with van der Waals surface area (Å²) in [6.07, 6.45) is 0.840. The monoisotopic (exact) mass is 271 g/mol. The summed E-state index contributed by atoms with van der Waals surface area (Å²) in [5.41, 5.74) is 3.14. The van der Waals surface area contributed by atoms with Gasteiger partial charge in [0.2, 0.25) is 5.95 Å². The summed E-state index contributed by atoms with van der Waals surface area (Å²) < 4.78 is 0. The van der Waals surface area contributed by atoms with Gasteiger partial charge in [-0.25, -0.2) is 14.8 Å². The molecular weight excluding hydrogens is 254 g/mol. The third-order valence-electron chi connectivity index (χ3n) is 3.01. The van der Waals surface area contributed by atoms with E-state index >= 15 is 0 Å². The number of carbonyl (C=O) groups is 1. The van der Waals surface area contributed by atoms with Crippen molar-refractivity contribution >= 4 is 11.9 Å². The normalized spacial score (nSPS) is 10.3. The predicted molar refractivity (Wildman–Crippen MR) is 77.1 cm³/mol. The highest BCUT2D eigenvalue weighted by Gasteiger charge is 2.08. The molecule has 0 saturated carbocycles. The number of rotatable bonds is 5. The molecule has 0 saturated heterocycles. The van der Waals surface area contributed by atoms with Crippen molar-refractivity contribution in [3.05, 3.63) is 52.8 Å². The highest BCUT2D eigenvalue weighted by molar-refractivity contribution is 5.85. The Morgan fingerprint density at radius 1 is 1.25 bits per heavy atom. The van der Waals surface area contributed by atoms with Crippen molar-refractivity contribution in [2.45, 2.75) is 20.3 Å². The van der Waals surface area contributed by atoms with Crippen LogP contribution in [-0.4, -0.2) is 27.6 Å². The highest BCUT2D eigenvalue weighted by atomic mass is 16.4. The number of aromatic nitrogens is 2. The molecule has 2 aromatic rings. The molecule has 1 heterocycles. The van der Waals surface area contributed by atoms with Gasteiger partial charge in [-0.3, -0.25) is 0 Å². The van der Waals surface area contributed by atoms with Crippen LogP contribution in [0.2, 0.25) is 0 Å². The van der Waals surface area contributed by atoms with Crippen molar-refractivity contribution in [1.29, 1.82) is 0 Å². The molecule has 2 rings (SSSR count). The predicted octanol–water partition coefficient (Wildman–Crippen LogP) is 2.45. The summed E-state index contributed by atoms with van der Waals surface area (Å²) in [7, 11) is 0. The summed E-state index contributed by atoms with van der Waals surface area (Å²) >= 11 is 0. The second-order valence-electron chi connectivity index (χ2n) is 4.63. The molecule has 0 aliphatic rings. The second-order valence-corrected chi connectivity index (χ2v) is 4.63. The van der Waals surface area contributed by atoms with Crippen molar-refractivity contribution in [2.24, 2.45) is 0 Å². The minimum absolute atomic E-state index is 0.0101. The van der Waals surface area contributed by atoms with Crippen LogP contribution in [0.5, 0.6) is 0 Å². The van der Waals surface area contributed by atoms with E-state index in [0.29, 0.717) is 18.2 Å². The van der Waals surface area contributed by atoms with Gasteiger partial charge >= 0.3 is 5.97 Å². The quantitative estimate of drug-likeness (QED) is 0.873. The van der Waals surface area contributed by atoms with Gasteiger partial charge in [0.25, 0.3) is 0 Å². The fraction of sp³-hybridized carbons (Fsp3) is 0.267. The summed E-state index contributed by atoms with van der Waals surface area (Å²) in [5.74, 6) is -0.687. The Hall–Kier alpha value is -2.43. The van der Waals surface area contributed by atoms with Crippen LogP contribution in [0.4, 0.5) is 5.95 Å². The molecule has 0 radical (unpaired) electrons. The maximum Gasteiger partial charge on any atom is 0.354 e. The first-order valence-electron chi connectivity index (χ1n) is 6.43. The number of hydrogen-bond acceptors (Lipinski definition) is 4. The van der Waals surface area contributed by atoms with Gasteiger partial charge in [-0.1, -0.05) is 24.3 Å². The molecular formula is C15H17N3O2. The van der Waals surface area contributed by atoms with Gasteiger partial charge in [-0.15, -0.1) is 0 Å². The molecule has 5 nitrogen and oxygen atoms in total. The lowest BCUT2D eigenvalue weighted by Gasteiger charge is -2.08. The summed E-state index contributed by atoms with van der Waals surface area (Å²) in [5, 5.41) is 12.0. The van der Waals surface area contributed by atoms with Crippen LogP contribution in [0.15, 0.2) is 30.3 Å². The molecule has 104 valence electrons. The van der Waals surface area contributed by atoms with Gasteiger partial charge in [0, 0.05) is 12.2 Å². The van der Waals surface area contributed by atoms with E-state index in [1.807, 2.05) is 12.1 Å². The van der Waals surface area contributed by atoms with Crippen LogP contribution in [0, 0.1) is 13.8 Å². The van der Waals surface area contributed by atoms with Crippen LogP contribution in [0.25, 0.3) is 0 Å². The number of nitrogens with zero attached hydrogens (tertiary/aromatic N) is 2. The van der Waals surface area contributed by atoms with Crippen molar-refractivity contribution in [3.8, 4) is 0 Å². The van der Waals surface area contributed by atoms with Crippen LogP contribution in [-0.2, 0) is 6.42 Å². The SMILES string of the molecule is Cc1cc(C(=O)O)nc(NCCc2ccccc2C)n1. The van der Waals surface area contributed by atoms with Crippen LogP contribution >= 0.6 is 0 Å². The first-order chi connectivity index (χ1) is 9.56. The van der Waals surface area contributed by atoms with Gasteiger partial charge in [-0.2, -0.15) is 0 Å². The lowest BCUT2D eigenvalue weighted by Crippen LogP contribution is -2.12. The van der Waals surface area contributed by atoms with E-state index in [0.717, 1.165) is 6.42 Å². The van der Waals surface area contributed by atoms with Gasteiger partial charge in [0.05, 0.1) is 0 Å². The average Bonchev–Trinajstić information content (AvgIpc) is 2.40. The van der Waals surface area contributed by atoms with Crippen molar-refractivity contribution < 1.29 is 9.90 Å². The van der Waals surface area contributed by atoms with E-state index in [9.17, 15) is 4.79 Å². The van der Waals surface area contributed by atoms with Crippen LogP contribution < -0.4 is 5.32 Å². The zero-order valence-electron chi connectivity index (χ0n) is 11.6. The zero-order valence-corrected chi connectivity index (χ0v) is 11.6. The lowest BCUT2D eigenvalue weighted by molar-refractivity contribution is 0.0690. The molecule has 0 bridgehead atoms. The fourth-order valence-electron chi connectivity index (χ4n) is 1.96. The Labute approximate surface area is 117 Å². The molecule has 0 fully saturated rings. The Balaban J connectivity index is 2.01. The number of aryl methyl sites for hydroxylation is 2. The molecule has 0 amide bonds. The Morgan fingerprint density at radius 2 is 2.00 bits per heavy atom. The number of anilines is 1. The molecule has 0 unspecified atom stereocenters. The molecule has 0 aliphatic heterocycles. The van der Waals surface area contributed by atoms with E-state index in [4.69, 9.17) is 5.11 Å². The van der Waals surface area contributed by atoms with Gasteiger partial charge < -0.3 is 10.4 Å². The average molecular weight is 271 g/mol. The van der Waals surface area contributed by atoms with E-state index in [1.165, 1.54) is 17.2 Å². The molecule has 1 aromatic carbocycles. The first-order valence-corrected chi connectivity index (χ1v) is 6.43. The fourth-order valence-corrected chi connectivity index (χ4v) is 1.96. The van der Waals surface area contributed by atoms with E-state index in [1.54, 1.807) is 6.92 Å². The molecule has 0 atom stereocenters. The third-order valence-corrected chi connectivity index (χ3v) is 3.01. The minimum atomic E-state index is -1.04. The van der Waals surface area contributed by atoms with Crippen molar-refractivity contribution in [2.75, 3.05) is 11.9 Å². The van der Waals surface area contributed by atoms with E-state index in [2.05, 4.69) is 34.3 Å². The Bertz CT molecular complexity index is 626. The number of carboxylic acids is 1. The van der Waals surface area contributed by atoms with Gasteiger partial charge in [0.15, 0.2) is 5.69 Å². The van der Waals surface area contributed by atoms with Crippen molar-refractivity contribution in [1.82, 2.24) is 9.97 Å². The number of aromatic carboxylic acids is 1. The first kappa shape index (κ1) is 14.0. The molecule has 1 aromatic heterocycles. The smallest absolute Gasteiger partial charge is 0.354 e. The second kappa shape index (κ2) is 6.14. The van der Waals surface area contributed by atoms with Crippen molar-refractivity contribution in [3.63, 3.8) is 0 Å². The highest BCUT2D eigenvalue weighted by Crippen LogP contribution is 2.09. The molecule has 2 N–H and O–H groups in total. The number of carboxylic acid groups (broad SMARTS) is 1. The van der Waals surface area contributed by atoms with Gasteiger partial charge in [-0.05, 0) is 37.5 Å². The maximum atomic E-state index is 10.9. The molecule has 20 heavy (non-hydrogen) atoms. The summed E-state index contributed by atoms with van der Waals surface area (Å²) in [6.45, 7) is 4.48. The lowest BCUT2D eigenvalue weighted by atomic mass is 10.1. The zero-order chi connectivity index (χ0) is 14.5. The standard InChI is InChI=1S/C15H17N3O2/c1-10-5-3-4-6-12(10)7-8-16-15-17-11(2)9-13(18-15)14(19)20/h3-6,9H,7-8H2,1-2H3,(H,19,20)(H,16,17,18). The molecule has 0 aliphatic carbocycles. The number of nitrogens with one attached hydrogen (secondary N) is 1. The Kier molecular flexibility index (Phi) is 4.30. The maximum absolute atomic E-state index is 10.9. The molecule has 5 heteroatoms. The summed E-state index contributed by atoms with van der Waals surface area (Å²) in [6, 6.07) is 9.62. The summed E-state index contributed by atoms with van der Waals surface area (Å²) in [4.78, 5) is 19.1. The van der Waals surface area contributed by atoms with E-state index < -0.39 is 5.97 Å². The van der Waals surface area contributed by atoms with Gasteiger partial charge in [0.1, 0.15) is 0 Å².